The molecule has 0 bridgehead atoms. The molecule has 0 radical (unpaired) electrons. The molecule has 0 aromatic heterocycles. The summed E-state index contributed by atoms with van der Waals surface area (Å²) in [6, 6.07) is 0. The Labute approximate surface area is 81.2 Å². The highest BCUT2D eigenvalue weighted by Gasteiger charge is 2.34. The van der Waals surface area contributed by atoms with E-state index in [1.807, 2.05) is 19.9 Å². The summed E-state index contributed by atoms with van der Waals surface area (Å²) in [7, 11) is 0. The smallest absolute Gasteiger partial charge is 0.0857 e. The second kappa shape index (κ2) is 4.10. The Bertz CT molecular complexity index is 207. The van der Waals surface area contributed by atoms with Crippen LogP contribution < -0.4 is 0 Å². The van der Waals surface area contributed by atoms with E-state index < -0.39 is 5.60 Å². The molecular formula is C12H20O. The van der Waals surface area contributed by atoms with Gasteiger partial charge in [0.05, 0.1) is 5.60 Å². The number of hydrogen-bond donors (Lipinski definition) is 1. The zero-order chi connectivity index (χ0) is 9.90. The Balaban J connectivity index is 2.73. The first-order valence-corrected chi connectivity index (χ1v) is 5.11. The largest absolute Gasteiger partial charge is 0.386 e. The fourth-order valence-corrected chi connectivity index (χ4v) is 2.16. The summed E-state index contributed by atoms with van der Waals surface area (Å²) in [5.74, 6) is 0.448. The van der Waals surface area contributed by atoms with Gasteiger partial charge in [0, 0.05) is 0 Å². The zero-order valence-corrected chi connectivity index (χ0v) is 8.71. The van der Waals surface area contributed by atoms with Crippen molar-refractivity contribution in [1.29, 1.82) is 0 Å². The third-order valence-electron chi connectivity index (χ3n) is 3.32. The van der Waals surface area contributed by atoms with E-state index in [0.29, 0.717) is 5.92 Å². The quantitative estimate of drug-likeness (QED) is 0.662. The van der Waals surface area contributed by atoms with Crippen molar-refractivity contribution in [1.82, 2.24) is 0 Å². The van der Waals surface area contributed by atoms with Crippen molar-refractivity contribution in [2.45, 2.75) is 45.1 Å². The molecule has 1 heteroatoms. The standard InChI is InChI=1S/C12H20O/c1-4-7-10(2)12(3,13)11-8-5-6-9-11/h4,7,11,13H,1,5-6,8-9H2,2-3H3/b10-7+. The molecule has 0 aromatic rings. The summed E-state index contributed by atoms with van der Waals surface area (Å²) in [5, 5.41) is 10.3. The molecule has 13 heavy (non-hydrogen) atoms. The first kappa shape index (κ1) is 10.5. The highest BCUT2D eigenvalue weighted by Crippen LogP contribution is 2.37. The van der Waals surface area contributed by atoms with Crippen molar-refractivity contribution in [2.75, 3.05) is 0 Å². The molecule has 74 valence electrons. The predicted molar refractivity (Wildman–Crippen MR) is 56.5 cm³/mol. The summed E-state index contributed by atoms with van der Waals surface area (Å²) in [6.07, 6.45) is 8.52. The molecule has 0 saturated heterocycles. The van der Waals surface area contributed by atoms with Gasteiger partial charge in [-0.25, -0.2) is 0 Å². The lowest BCUT2D eigenvalue weighted by molar-refractivity contribution is 0.0374. The lowest BCUT2D eigenvalue weighted by Crippen LogP contribution is -2.34. The number of hydrogen-bond acceptors (Lipinski definition) is 1. The Kier molecular flexibility index (Phi) is 3.32. The van der Waals surface area contributed by atoms with Gasteiger partial charge in [-0.05, 0) is 38.2 Å². The predicted octanol–water partition coefficient (Wildman–Crippen LogP) is 3.06. The second-order valence-electron chi connectivity index (χ2n) is 4.21. The van der Waals surface area contributed by atoms with E-state index in [4.69, 9.17) is 0 Å². The topological polar surface area (TPSA) is 20.2 Å². The molecule has 1 aliphatic rings. The van der Waals surface area contributed by atoms with Crippen molar-refractivity contribution in [3.05, 3.63) is 24.3 Å². The van der Waals surface area contributed by atoms with E-state index in [2.05, 4.69) is 6.58 Å². The summed E-state index contributed by atoms with van der Waals surface area (Å²) >= 11 is 0. The van der Waals surface area contributed by atoms with Gasteiger partial charge in [0.25, 0.3) is 0 Å². The number of rotatable bonds is 3. The average molecular weight is 180 g/mol. The van der Waals surface area contributed by atoms with Gasteiger partial charge in [-0.15, -0.1) is 0 Å². The average Bonchev–Trinajstić information content (AvgIpc) is 2.56. The highest BCUT2D eigenvalue weighted by atomic mass is 16.3. The number of aliphatic hydroxyl groups is 1. The van der Waals surface area contributed by atoms with Crippen LogP contribution in [0.3, 0.4) is 0 Å². The van der Waals surface area contributed by atoms with E-state index in [1.54, 1.807) is 6.08 Å². The molecule has 1 saturated carbocycles. The first-order chi connectivity index (χ1) is 6.09. The SMILES string of the molecule is C=C/C=C(\C)C(C)(O)C1CCCC1. The summed E-state index contributed by atoms with van der Waals surface area (Å²) in [4.78, 5) is 0. The maximum atomic E-state index is 10.3. The Morgan fingerprint density at radius 1 is 1.46 bits per heavy atom. The van der Waals surface area contributed by atoms with E-state index in [9.17, 15) is 5.11 Å². The van der Waals surface area contributed by atoms with Gasteiger partial charge < -0.3 is 5.11 Å². The maximum absolute atomic E-state index is 10.3. The third kappa shape index (κ3) is 2.22. The van der Waals surface area contributed by atoms with Crippen LogP contribution in [0.25, 0.3) is 0 Å². The van der Waals surface area contributed by atoms with Crippen LogP contribution in [-0.4, -0.2) is 10.7 Å². The van der Waals surface area contributed by atoms with Crippen LogP contribution in [0, 0.1) is 5.92 Å². The van der Waals surface area contributed by atoms with Gasteiger partial charge in [-0.2, -0.15) is 0 Å². The second-order valence-corrected chi connectivity index (χ2v) is 4.21. The fraction of sp³-hybridized carbons (Fsp3) is 0.667. The molecular weight excluding hydrogens is 160 g/mol. The van der Waals surface area contributed by atoms with Gasteiger partial charge in [0.2, 0.25) is 0 Å². The maximum Gasteiger partial charge on any atom is 0.0857 e. The van der Waals surface area contributed by atoms with Gasteiger partial charge in [0.1, 0.15) is 0 Å². The molecule has 0 spiro atoms. The van der Waals surface area contributed by atoms with Crippen molar-refractivity contribution < 1.29 is 5.11 Å². The third-order valence-corrected chi connectivity index (χ3v) is 3.32. The molecule has 0 aromatic carbocycles. The number of allylic oxidation sites excluding steroid dienone is 2. The molecule has 1 N–H and O–H groups in total. The Morgan fingerprint density at radius 3 is 2.46 bits per heavy atom. The van der Waals surface area contributed by atoms with E-state index >= 15 is 0 Å². The molecule has 1 fully saturated rings. The van der Waals surface area contributed by atoms with Crippen LogP contribution in [-0.2, 0) is 0 Å². The molecule has 1 rings (SSSR count). The highest BCUT2D eigenvalue weighted by molar-refractivity contribution is 5.19. The van der Waals surface area contributed by atoms with E-state index in [1.165, 1.54) is 12.8 Å². The molecule has 1 nitrogen and oxygen atoms in total. The van der Waals surface area contributed by atoms with Gasteiger partial charge >= 0.3 is 0 Å². The minimum atomic E-state index is -0.620. The van der Waals surface area contributed by atoms with Gasteiger partial charge in [-0.3, -0.25) is 0 Å². The zero-order valence-electron chi connectivity index (χ0n) is 8.71. The van der Waals surface area contributed by atoms with Crippen LogP contribution in [0.5, 0.6) is 0 Å². The molecule has 0 heterocycles. The van der Waals surface area contributed by atoms with Crippen LogP contribution in [0.4, 0.5) is 0 Å². The normalized spacial score (nSPS) is 24.4. The summed E-state index contributed by atoms with van der Waals surface area (Å²) in [6.45, 7) is 7.57. The van der Waals surface area contributed by atoms with Crippen LogP contribution in [0.15, 0.2) is 24.3 Å². The molecule has 0 aliphatic heterocycles. The summed E-state index contributed by atoms with van der Waals surface area (Å²) in [5.41, 5.74) is 0.416. The van der Waals surface area contributed by atoms with Crippen molar-refractivity contribution in [3.63, 3.8) is 0 Å². The molecule has 1 unspecified atom stereocenters. The van der Waals surface area contributed by atoms with Crippen molar-refractivity contribution in [3.8, 4) is 0 Å². The van der Waals surface area contributed by atoms with Gasteiger partial charge in [0.15, 0.2) is 0 Å². The lowest BCUT2D eigenvalue weighted by atomic mass is 9.82. The fourth-order valence-electron chi connectivity index (χ4n) is 2.16. The van der Waals surface area contributed by atoms with Crippen LogP contribution in [0.1, 0.15) is 39.5 Å². The molecule has 1 aliphatic carbocycles. The van der Waals surface area contributed by atoms with Crippen molar-refractivity contribution in [2.24, 2.45) is 5.92 Å². The van der Waals surface area contributed by atoms with Crippen molar-refractivity contribution >= 4 is 0 Å². The monoisotopic (exact) mass is 180 g/mol. The van der Waals surface area contributed by atoms with Gasteiger partial charge in [-0.1, -0.05) is 31.6 Å². The minimum Gasteiger partial charge on any atom is -0.386 e. The van der Waals surface area contributed by atoms with E-state index in [-0.39, 0.29) is 0 Å². The first-order valence-electron chi connectivity index (χ1n) is 5.11. The Morgan fingerprint density at radius 2 is 2.00 bits per heavy atom. The lowest BCUT2D eigenvalue weighted by Gasteiger charge is -2.31. The van der Waals surface area contributed by atoms with Crippen LogP contribution >= 0.6 is 0 Å². The van der Waals surface area contributed by atoms with E-state index in [0.717, 1.165) is 18.4 Å². The Hall–Kier alpha value is -0.560. The van der Waals surface area contributed by atoms with Crippen LogP contribution in [0.2, 0.25) is 0 Å². The summed E-state index contributed by atoms with van der Waals surface area (Å²) < 4.78 is 0. The minimum absolute atomic E-state index is 0.448. The molecule has 1 atom stereocenters. The molecule has 0 amide bonds.